The molecule has 2 N–H and O–H groups in total. The van der Waals surface area contributed by atoms with Gasteiger partial charge in [-0.1, -0.05) is 0 Å². The first-order valence-electron chi connectivity index (χ1n) is 6.13. The highest BCUT2D eigenvalue weighted by atomic mass is 16.4. The van der Waals surface area contributed by atoms with E-state index >= 15 is 0 Å². The van der Waals surface area contributed by atoms with Crippen LogP contribution in [0.15, 0.2) is 0 Å². The molecule has 0 atom stereocenters. The third-order valence-corrected chi connectivity index (χ3v) is 3.24. The summed E-state index contributed by atoms with van der Waals surface area (Å²) in [5.74, 6) is -0.379. The van der Waals surface area contributed by atoms with Gasteiger partial charge in [-0.3, -0.25) is 9.59 Å². The minimum Gasteiger partial charge on any atom is -0.481 e. The average molecular weight is 242 g/mol. The Hall–Kier alpha value is -1.10. The fourth-order valence-corrected chi connectivity index (χ4v) is 2.21. The lowest BCUT2D eigenvalue weighted by molar-refractivity contribution is -0.143. The fraction of sp³-hybridized carbons (Fsp3) is 0.833. The van der Waals surface area contributed by atoms with Crippen molar-refractivity contribution in [1.82, 2.24) is 10.2 Å². The molecule has 0 radical (unpaired) electrons. The molecule has 0 unspecified atom stereocenters. The van der Waals surface area contributed by atoms with Crippen molar-refractivity contribution >= 4 is 11.9 Å². The second-order valence-corrected chi connectivity index (χ2v) is 5.10. The molecule has 98 valence electrons. The summed E-state index contributed by atoms with van der Waals surface area (Å²) >= 11 is 0. The van der Waals surface area contributed by atoms with E-state index < -0.39 is 5.97 Å². The van der Waals surface area contributed by atoms with Gasteiger partial charge in [0.2, 0.25) is 5.91 Å². The molecule has 0 bridgehead atoms. The maximum atomic E-state index is 11.4. The Morgan fingerprint density at radius 1 is 1.24 bits per heavy atom. The molecule has 1 aliphatic carbocycles. The normalized spacial score (nSPS) is 24.6. The number of rotatable bonds is 5. The molecule has 0 aliphatic heterocycles. The van der Waals surface area contributed by atoms with E-state index in [1.54, 1.807) is 0 Å². The van der Waals surface area contributed by atoms with Crippen molar-refractivity contribution in [2.45, 2.75) is 25.7 Å². The van der Waals surface area contributed by atoms with Crippen molar-refractivity contribution in [1.29, 1.82) is 0 Å². The average Bonchev–Trinajstić information content (AvgIpc) is 2.26. The van der Waals surface area contributed by atoms with E-state index in [4.69, 9.17) is 5.11 Å². The molecule has 0 aromatic carbocycles. The van der Waals surface area contributed by atoms with Gasteiger partial charge in [0, 0.05) is 6.54 Å². The van der Waals surface area contributed by atoms with E-state index in [1.807, 2.05) is 19.0 Å². The van der Waals surface area contributed by atoms with Gasteiger partial charge in [0.05, 0.1) is 12.5 Å². The predicted molar refractivity (Wildman–Crippen MR) is 64.6 cm³/mol. The van der Waals surface area contributed by atoms with Gasteiger partial charge >= 0.3 is 5.97 Å². The number of likely N-dealkylation sites (N-methyl/N-ethyl adjacent to an activating group) is 1. The number of carboxylic acids is 1. The zero-order chi connectivity index (χ0) is 12.8. The summed E-state index contributed by atoms with van der Waals surface area (Å²) in [5.41, 5.74) is 0. The highest BCUT2D eigenvalue weighted by Crippen LogP contribution is 2.28. The second-order valence-electron chi connectivity index (χ2n) is 5.10. The lowest BCUT2D eigenvalue weighted by Crippen LogP contribution is -2.37. The van der Waals surface area contributed by atoms with Crippen LogP contribution in [-0.2, 0) is 9.59 Å². The Morgan fingerprint density at radius 3 is 2.29 bits per heavy atom. The molecule has 0 aromatic heterocycles. The maximum Gasteiger partial charge on any atom is 0.306 e. The van der Waals surface area contributed by atoms with Crippen molar-refractivity contribution < 1.29 is 14.7 Å². The van der Waals surface area contributed by atoms with E-state index in [9.17, 15) is 9.59 Å². The lowest BCUT2D eigenvalue weighted by atomic mass is 9.82. The van der Waals surface area contributed by atoms with Crippen LogP contribution >= 0.6 is 0 Å². The molecule has 17 heavy (non-hydrogen) atoms. The largest absolute Gasteiger partial charge is 0.481 e. The van der Waals surface area contributed by atoms with Crippen LogP contribution in [0.1, 0.15) is 25.7 Å². The Balaban J connectivity index is 2.18. The van der Waals surface area contributed by atoms with Crippen molar-refractivity contribution in [2.24, 2.45) is 11.8 Å². The van der Waals surface area contributed by atoms with Crippen LogP contribution in [0.25, 0.3) is 0 Å². The first-order chi connectivity index (χ1) is 7.99. The molecule has 5 heteroatoms. The zero-order valence-electron chi connectivity index (χ0n) is 10.6. The minimum atomic E-state index is -0.680. The summed E-state index contributed by atoms with van der Waals surface area (Å²) in [4.78, 5) is 24.0. The van der Waals surface area contributed by atoms with Crippen LogP contribution < -0.4 is 5.32 Å². The molecule has 1 saturated carbocycles. The quantitative estimate of drug-likeness (QED) is 0.739. The maximum absolute atomic E-state index is 11.4. The van der Waals surface area contributed by atoms with Crippen LogP contribution in [0.2, 0.25) is 0 Å². The van der Waals surface area contributed by atoms with Crippen molar-refractivity contribution in [3.63, 3.8) is 0 Å². The van der Waals surface area contributed by atoms with Gasteiger partial charge in [0.25, 0.3) is 0 Å². The standard InChI is InChI=1S/C12H22N2O3/c1-14(2)8-11(15)13-7-9-3-5-10(6-4-9)12(16)17/h9-10H,3-8H2,1-2H3,(H,13,15)(H,16,17). The highest BCUT2D eigenvalue weighted by molar-refractivity contribution is 5.77. The number of nitrogens with one attached hydrogen (secondary N) is 1. The Labute approximate surface area is 102 Å². The van der Waals surface area contributed by atoms with Gasteiger partial charge in [0.1, 0.15) is 0 Å². The Kier molecular flexibility index (Phi) is 5.41. The first-order valence-corrected chi connectivity index (χ1v) is 6.13. The number of nitrogens with zero attached hydrogens (tertiary/aromatic N) is 1. The molecular weight excluding hydrogens is 220 g/mol. The molecule has 0 heterocycles. The molecule has 1 amide bonds. The van der Waals surface area contributed by atoms with Gasteiger partial charge in [-0.2, -0.15) is 0 Å². The number of aliphatic carboxylic acids is 1. The Bertz CT molecular complexity index is 271. The molecule has 0 aromatic rings. The van der Waals surface area contributed by atoms with Crippen LogP contribution in [0.3, 0.4) is 0 Å². The van der Waals surface area contributed by atoms with Crippen LogP contribution in [0, 0.1) is 11.8 Å². The van der Waals surface area contributed by atoms with Crippen LogP contribution in [-0.4, -0.2) is 49.1 Å². The molecule has 1 rings (SSSR count). The number of carbonyl (C=O) groups excluding carboxylic acids is 1. The molecule has 1 fully saturated rings. The van der Waals surface area contributed by atoms with Gasteiger partial charge in [0.15, 0.2) is 0 Å². The molecule has 0 saturated heterocycles. The fourth-order valence-electron chi connectivity index (χ4n) is 2.21. The summed E-state index contributed by atoms with van der Waals surface area (Å²) in [5, 5.41) is 11.8. The number of carbonyl (C=O) groups is 2. The molecule has 0 spiro atoms. The van der Waals surface area contributed by atoms with E-state index in [0.717, 1.165) is 25.7 Å². The summed E-state index contributed by atoms with van der Waals surface area (Å²) < 4.78 is 0. The van der Waals surface area contributed by atoms with Crippen LogP contribution in [0.4, 0.5) is 0 Å². The number of carboxylic acid groups (broad SMARTS) is 1. The Morgan fingerprint density at radius 2 is 1.82 bits per heavy atom. The third kappa shape index (κ3) is 5.17. The smallest absolute Gasteiger partial charge is 0.306 e. The van der Waals surface area contributed by atoms with Crippen LogP contribution in [0.5, 0.6) is 0 Å². The summed E-state index contributed by atoms with van der Waals surface area (Å²) in [6, 6.07) is 0. The second kappa shape index (κ2) is 6.59. The summed E-state index contributed by atoms with van der Waals surface area (Å²) in [7, 11) is 3.72. The number of hydrogen-bond donors (Lipinski definition) is 2. The topological polar surface area (TPSA) is 69.6 Å². The van der Waals surface area contributed by atoms with E-state index in [0.29, 0.717) is 19.0 Å². The zero-order valence-corrected chi connectivity index (χ0v) is 10.6. The summed E-state index contributed by atoms with van der Waals surface area (Å²) in [6.07, 6.45) is 3.28. The van der Waals surface area contributed by atoms with Gasteiger partial charge in [-0.05, 0) is 45.7 Å². The van der Waals surface area contributed by atoms with Crippen molar-refractivity contribution in [2.75, 3.05) is 27.2 Å². The van der Waals surface area contributed by atoms with E-state index in [2.05, 4.69) is 5.32 Å². The summed E-state index contributed by atoms with van der Waals surface area (Å²) in [6.45, 7) is 1.09. The van der Waals surface area contributed by atoms with E-state index in [1.165, 1.54) is 0 Å². The molecule has 5 nitrogen and oxygen atoms in total. The monoisotopic (exact) mass is 242 g/mol. The lowest BCUT2D eigenvalue weighted by Gasteiger charge is -2.26. The minimum absolute atomic E-state index is 0.0374. The van der Waals surface area contributed by atoms with E-state index in [-0.39, 0.29) is 11.8 Å². The first kappa shape index (κ1) is 14.0. The van der Waals surface area contributed by atoms with Crippen molar-refractivity contribution in [3.05, 3.63) is 0 Å². The number of hydrogen-bond acceptors (Lipinski definition) is 3. The third-order valence-electron chi connectivity index (χ3n) is 3.24. The molecule has 1 aliphatic rings. The highest BCUT2D eigenvalue weighted by Gasteiger charge is 2.25. The molecular formula is C12H22N2O3. The van der Waals surface area contributed by atoms with Crippen molar-refractivity contribution in [3.8, 4) is 0 Å². The van der Waals surface area contributed by atoms with Gasteiger partial charge < -0.3 is 15.3 Å². The van der Waals surface area contributed by atoms with Gasteiger partial charge in [-0.25, -0.2) is 0 Å². The predicted octanol–water partition coefficient (Wildman–Crippen LogP) is 0.555. The van der Waals surface area contributed by atoms with Gasteiger partial charge in [-0.15, -0.1) is 0 Å². The SMILES string of the molecule is CN(C)CC(=O)NCC1CCC(C(=O)O)CC1. The number of amides is 1.